The number of carbonyl (C=O) groups is 2. The van der Waals surface area contributed by atoms with Gasteiger partial charge in [0, 0.05) is 65.6 Å². The zero-order valence-electron chi connectivity index (χ0n) is 29.0. The van der Waals surface area contributed by atoms with Gasteiger partial charge in [-0.25, -0.2) is 4.79 Å². The summed E-state index contributed by atoms with van der Waals surface area (Å²) in [7, 11) is 0. The number of anilines is 2. The van der Waals surface area contributed by atoms with E-state index < -0.39 is 5.97 Å². The van der Waals surface area contributed by atoms with Crippen LogP contribution in [0.3, 0.4) is 0 Å². The Balaban J connectivity index is 1.08. The molecule has 11 nitrogen and oxygen atoms in total. The molecule has 4 heterocycles. The van der Waals surface area contributed by atoms with Gasteiger partial charge in [0.15, 0.2) is 0 Å². The summed E-state index contributed by atoms with van der Waals surface area (Å²) in [5, 5.41) is 14.0. The van der Waals surface area contributed by atoms with Crippen LogP contribution in [-0.4, -0.2) is 92.2 Å². The van der Waals surface area contributed by atoms with Crippen LogP contribution in [0.1, 0.15) is 59.5 Å². The molecule has 3 aliphatic heterocycles. The van der Waals surface area contributed by atoms with Crippen molar-refractivity contribution in [2.45, 2.75) is 51.2 Å². The minimum Gasteiger partial charge on any atom is -0.491 e. The van der Waals surface area contributed by atoms with Gasteiger partial charge in [0.2, 0.25) is 5.91 Å². The number of nitrogens with zero attached hydrogens (tertiary/aromatic N) is 3. The molecule has 11 heteroatoms. The number of carboxylic acids is 1. The molecule has 4 aliphatic rings. The molecule has 0 atom stereocenters. The normalized spacial score (nSPS) is 18.4. The molecule has 4 aromatic rings. The molecule has 0 radical (unpaired) electrons. The average molecular weight is 695 g/mol. The van der Waals surface area contributed by atoms with Gasteiger partial charge in [0.25, 0.3) is 0 Å². The number of amides is 1. The second kappa shape index (κ2) is 15.0. The van der Waals surface area contributed by atoms with Crippen LogP contribution < -0.4 is 19.7 Å². The maximum absolute atomic E-state index is 12.9. The third kappa shape index (κ3) is 7.15. The molecular formula is C40H46N4O7. The van der Waals surface area contributed by atoms with Gasteiger partial charge in [0.1, 0.15) is 24.7 Å². The number of nitrogens with one attached hydrogen (secondary N) is 1. The Hall–Kier alpha value is -4.58. The van der Waals surface area contributed by atoms with Gasteiger partial charge in [-0.05, 0) is 66.8 Å². The van der Waals surface area contributed by atoms with Crippen molar-refractivity contribution in [2.75, 3.05) is 76.0 Å². The molecule has 0 spiro atoms. The van der Waals surface area contributed by atoms with E-state index in [2.05, 4.69) is 31.8 Å². The van der Waals surface area contributed by atoms with E-state index in [9.17, 15) is 14.7 Å². The van der Waals surface area contributed by atoms with Crippen molar-refractivity contribution in [3.8, 4) is 22.8 Å². The van der Waals surface area contributed by atoms with Gasteiger partial charge >= 0.3 is 5.97 Å². The number of benzene rings is 3. The van der Waals surface area contributed by atoms with E-state index in [1.54, 1.807) is 6.07 Å². The smallest absolute Gasteiger partial charge is 0.335 e. The van der Waals surface area contributed by atoms with Gasteiger partial charge in [-0.2, -0.15) is 0 Å². The molecule has 1 amide bonds. The largest absolute Gasteiger partial charge is 0.491 e. The minimum absolute atomic E-state index is 0.0463. The second-order valence-electron chi connectivity index (χ2n) is 14.0. The highest BCUT2D eigenvalue weighted by Gasteiger charge is 2.30. The van der Waals surface area contributed by atoms with Crippen LogP contribution in [0.25, 0.3) is 22.2 Å². The number of morpholine rings is 2. The van der Waals surface area contributed by atoms with Crippen molar-refractivity contribution in [1.29, 1.82) is 0 Å². The lowest BCUT2D eigenvalue weighted by molar-refractivity contribution is -0.118. The van der Waals surface area contributed by atoms with Crippen LogP contribution in [0.2, 0.25) is 0 Å². The first-order valence-electron chi connectivity index (χ1n) is 18.4. The van der Waals surface area contributed by atoms with E-state index in [4.69, 9.17) is 18.9 Å². The van der Waals surface area contributed by atoms with Crippen molar-refractivity contribution >= 4 is 34.2 Å². The second-order valence-corrected chi connectivity index (χ2v) is 14.0. The average Bonchev–Trinajstić information content (AvgIpc) is 3.36. The van der Waals surface area contributed by atoms with Crippen LogP contribution in [0.5, 0.6) is 11.5 Å². The summed E-state index contributed by atoms with van der Waals surface area (Å²) < 4.78 is 26.2. The molecule has 1 aliphatic carbocycles. The Morgan fingerprint density at radius 3 is 2.41 bits per heavy atom. The minimum atomic E-state index is -0.920. The molecule has 3 aromatic carbocycles. The van der Waals surface area contributed by atoms with Crippen molar-refractivity contribution in [1.82, 2.24) is 9.47 Å². The van der Waals surface area contributed by atoms with Gasteiger partial charge in [-0.3, -0.25) is 9.69 Å². The molecule has 8 rings (SSSR count). The van der Waals surface area contributed by atoms with Crippen molar-refractivity contribution in [2.24, 2.45) is 0 Å². The fourth-order valence-corrected chi connectivity index (χ4v) is 8.21. The number of aromatic carboxylic acids is 1. The lowest BCUT2D eigenvalue weighted by Crippen LogP contribution is -2.41. The number of hydrogen-bond acceptors (Lipinski definition) is 8. The number of ether oxygens (including phenoxy) is 4. The highest BCUT2D eigenvalue weighted by Crippen LogP contribution is 2.48. The van der Waals surface area contributed by atoms with E-state index in [1.165, 1.54) is 24.8 Å². The van der Waals surface area contributed by atoms with Crippen molar-refractivity contribution in [3.63, 3.8) is 0 Å². The first-order chi connectivity index (χ1) is 25.0. The summed E-state index contributed by atoms with van der Waals surface area (Å²) in [5.74, 6) is 0.907. The predicted molar refractivity (Wildman–Crippen MR) is 195 cm³/mol. The van der Waals surface area contributed by atoms with Crippen LogP contribution in [0.4, 0.5) is 11.4 Å². The number of carboxylic acid groups (broad SMARTS) is 1. The van der Waals surface area contributed by atoms with E-state index in [0.717, 1.165) is 83.9 Å². The van der Waals surface area contributed by atoms with Crippen LogP contribution in [-0.2, 0) is 27.4 Å². The van der Waals surface area contributed by atoms with Gasteiger partial charge in [-0.15, -0.1) is 0 Å². The molecule has 0 bridgehead atoms. The lowest BCUT2D eigenvalue weighted by Gasteiger charge is -2.31. The highest BCUT2D eigenvalue weighted by atomic mass is 16.5. The molecule has 1 saturated carbocycles. The van der Waals surface area contributed by atoms with Gasteiger partial charge < -0.3 is 38.8 Å². The zero-order valence-corrected chi connectivity index (χ0v) is 29.0. The van der Waals surface area contributed by atoms with Gasteiger partial charge in [0.05, 0.1) is 50.8 Å². The summed E-state index contributed by atoms with van der Waals surface area (Å²) in [6.45, 7) is 7.43. The summed E-state index contributed by atoms with van der Waals surface area (Å²) >= 11 is 0. The Kier molecular flexibility index (Phi) is 9.84. The third-order valence-electron chi connectivity index (χ3n) is 10.7. The number of carbonyl (C=O) groups excluding carboxylic acids is 1. The SMILES string of the molecule is O=C(CN1CCOCC1)Nc1ccc(N2CCOCC2)c(COc2ccc3c(c2)OCCn2c-3c(C3CCCCC3)c3ccc(C(=O)O)cc32)c1. The number of rotatable bonds is 9. The molecule has 2 saturated heterocycles. The Morgan fingerprint density at radius 1 is 0.843 bits per heavy atom. The van der Waals surface area contributed by atoms with E-state index in [0.29, 0.717) is 70.0 Å². The molecular weight excluding hydrogens is 648 g/mol. The van der Waals surface area contributed by atoms with E-state index in [1.807, 2.05) is 36.4 Å². The van der Waals surface area contributed by atoms with Gasteiger partial charge in [-0.1, -0.05) is 25.3 Å². The highest BCUT2D eigenvalue weighted by molar-refractivity contribution is 5.99. The number of aromatic nitrogens is 1. The number of hydrogen-bond donors (Lipinski definition) is 2. The molecule has 2 N–H and O–H groups in total. The fourth-order valence-electron chi connectivity index (χ4n) is 8.21. The summed E-state index contributed by atoms with van der Waals surface area (Å²) in [4.78, 5) is 29.3. The molecule has 268 valence electrons. The van der Waals surface area contributed by atoms with E-state index in [-0.39, 0.29) is 5.91 Å². The summed E-state index contributed by atoms with van der Waals surface area (Å²) in [5.41, 5.74) is 7.48. The standard InChI is InChI=1S/C40H46N4O7/c45-37(25-42-12-17-48-18-13-42)41-30-7-11-34(43-14-19-49-20-15-43)29(22-30)26-51-31-8-10-33-36(24-31)50-21-16-44-35-23-28(40(46)47)6-9-32(35)38(39(33)44)27-4-2-1-3-5-27/h6-11,22-24,27H,1-5,12-21,25-26H2,(H,41,45)(H,46,47). The molecule has 3 fully saturated rings. The molecule has 51 heavy (non-hydrogen) atoms. The Bertz CT molecular complexity index is 1900. The summed E-state index contributed by atoms with van der Waals surface area (Å²) in [6.07, 6.45) is 5.91. The van der Waals surface area contributed by atoms with Crippen molar-refractivity contribution < 1.29 is 33.6 Å². The van der Waals surface area contributed by atoms with Crippen LogP contribution >= 0.6 is 0 Å². The first kappa shape index (κ1) is 33.6. The first-order valence-corrected chi connectivity index (χ1v) is 18.4. The fraction of sp³-hybridized carbons (Fsp3) is 0.450. The Morgan fingerprint density at radius 2 is 1.63 bits per heavy atom. The predicted octanol–water partition coefficient (Wildman–Crippen LogP) is 6.13. The number of fused-ring (bicyclic) bond motifs is 5. The topological polar surface area (TPSA) is 115 Å². The third-order valence-corrected chi connectivity index (χ3v) is 10.7. The van der Waals surface area contributed by atoms with Crippen LogP contribution in [0, 0.1) is 0 Å². The van der Waals surface area contributed by atoms with Crippen LogP contribution in [0.15, 0.2) is 54.6 Å². The summed E-state index contributed by atoms with van der Waals surface area (Å²) in [6, 6.07) is 17.7. The molecule has 0 unspecified atom stereocenters. The monoisotopic (exact) mass is 694 g/mol. The Labute approximate surface area is 298 Å². The quantitative estimate of drug-likeness (QED) is 0.214. The maximum atomic E-state index is 12.9. The lowest BCUT2D eigenvalue weighted by atomic mass is 9.81. The zero-order chi connectivity index (χ0) is 34.7. The van der Waals surface area contributed by atoms with E-state index >= 15 is 0 Å². The maximum Gasteiger partial charge on any atom is 0.335 e. The molecule has 1 aromatic heterocycles. The van der Waals surface area contributed by atoms with Crippen molar-refractivity contribution in [3.05, 3.63) is 71.3 Å².